The highest BCUT2D eigenvalue weighted by Crippen LogP contribution is 2.51. The van der Waals surface area contributed by atoms with Gasteiger partial charge < -0.3 is 9.73 Å². The summed E-state index contributed by atoms with van der Waals surface area (Å²) in [5, 5.41) is 5.76. The van der Waals surface area contributed by atoms with E-state index in [9.17, 15) is 0 Å². The second-order valence-electron chi connectivity index (χ2n) is 14.6. The van der Waals surface area contributed by atoms with Gasteiger partial charge in [0.05, 0.1) is 0 Å². The predicted molar refractivity (Wildman–Crippen MR) is 222 cm³/mol. The molecule has 1 aliphatic carbocycles. The molecule has 0 amide bonds. The van der Waals surface area contributed by atoms with E-state index in [1.54, 1.807) is 0 Å². The molecule has 4 nitrogen and oxygen atoms in total. The molecular formula is C50H35N3O. The number of aliphatic imine (C=N–C) groups is 2. The van der Waals surface area contributed by atoms with Crippen molar-refractivity contribution in [2.45, 2.75) is 25.4 Å². The number of nitrogens with zero attached hydrogens (tertiary/aromatic N) is 2. The summed E-state index contributed by atoms with van der Waals surface area (Å²) in [7, 11) is 0. The second-order valence-corrected chi connectivity index (χ2v) is 14.6. The Kier molecular flexibility index (Phi) is 7.25. The van der Waals surface area contributed by atoms with E-state index in [1.165, 1.54) is 22.3 Å². The fourth-order valence-electron chi connectivity index (χ4n) is 8.22. The van der Waals surface area contributed by atoms with Gasteiger partial charge in [-0.3, -0.25) is 0 Å². The van der Waals surface area contributed by atoms with Gasteiger partial charge in [0.15, 0.2) is 5.84 Å². The largest absolute Gasteiger partial charge is 0.455 e. The molecule has 2 aliphatic rings. The van der Waals surface area contributed by atoms with Crippen LogP contribution in [0.5, 0.6) is 0 Å². The van der Waals surface area contributed by atoms with Gasteiger partial charge in [0, 0.05) is 38.4 Å². The third-order valence-electron chi connectivity index (χ3n) is 11.0. The van der Waals surface area contributed by atoms with Gasteiger partial charge in [0.1, 0.15) is 23.2 Å². The first-order valence-electron chi connectivity index (χ1n) is 18.3. The minimum atomic E-state index is -0.260. The van der Waals surface area contributed by atoms with Crippen LogP contribution in [0, 0.1) is 12.3 Å². The van der Waals surface area contributed by atoms with Crippen LogP contribution in [0.3, 0.4) is 0 Å². The monoisotopic (exact) mass is 693 g/mol. The van der Waals surface area contributed by atoms with Crippen LogP contribution in [0.4, 0.5) is 0 Å². The summed E-state index contributed by atoms with van der Waals surface area (Å²) in [6.45, 7) is 4.58. The van der Waals surface area contributed by atoms with Gasteiger partial charge in [0.2, 0.25) is 0 Å². The van der Waals surface area contributed by atoms with Crippen molar-refractivity contribution in [3.8, 4) is 45.7 Å². The van der Waals surface area contributed by atoms with Crippen LogP contribution in [-0.4, -0.2) is 11.7 Å². The molecule has 0 radical (unpaired) electrons. The molecule has 0 bridgehead atoms. The van der Waals surface area contributed by atoms with Crippen LogP contribution in [0.15, 0.2) is 172 Å². The first-order chi connectivity index (χ1) is 26.5. The number of furan rings is 1. The molecule has 7 aromatic carbocycles. The van der Waals surface area contributed by atoms with E-state index < -0.39 is 0 Å². The number of benzene rings is 7. The Balaban J connectivity index is 1.11. The molecule has 1 aliphatic heterocycles. The minimum Gasteiger partial charge on any atom is -0.455 e. The maximum Gasteiger partial charge on any atom is 0.159 e. The Morgan fingerprint density at radius 1 is 0.611 bits per heavy atom. The van der Waals surface area contributed by atoms with Gasteiger partial charge in [-0.25, -0.2) is 9.98 Å². The first-order valence-corrected chi connectivity index (χ1v) is 18.3. The molecule has 4 heteroatoms. The maximum absolute atomic E-state index is 6.72. The van der Waals surface area contributed by atoms with Gasteiger partial charge in [0.25, 0.3) is 0 Å². The summed E-state index contributed by atoms with van der Waals surface area (Å²) in [6.07, 6.45) is 5.57. The summed E-state index contributed by atoms with van der Waals surface area (Å²) in [6, 6.07) is 55.1. The lowest BCUT2D eigenvalue weighted by Crippen LogP contribution is -2.33. The molecule has 8 aromatic rings. The van der Waals surface area contributed by atoms with Crippen molar-refractivity contribution < 1.29 is 4.42 Å². The zero-order valence-electron chi connectivity index (χ0n) is 30.0. The Bertz CT molecular complexity index is 2870. The number of para-hydroxylation sites is 1. The van der Waals surface area contributed by atoms with E-state index >= 15 is 0 Å². The van der Waals surface area contributed by atoms with E-state index in [1.807, 2.05) is 54.6 Å². The zero-order chi connectivity index (χ0) is 36.4. The summed E-state index contributed by atoms with van der Waals surface area (Å²) < 4.78 is 6.72. The molecule has 10 rings (SSSR count). The third-order valence-corrected chi connectivity index (χ3v) is 11.0. The Morgan fingerprint density at radius 2 is 1.26 bits per heavy atom. The lowest BCUT2D eigenvalue weighted by atomic mass is 9.80. The molecule has 256 valence electrons. The number of nitrogens with one attached hydrogen (secondary N) is 1. The SMILES string of the molecule is C#Cc1ccc2c(c1)C(C)(C)c1cc(-c3c(-c4ccc(C5=NC(c6ccccc6)NC(c6ccccc6)=N5)cc4)ccc4c3oc3ccccc34)ccc1-2. The van der Waals surface area contributed by atoms with Crippen molar-refractivity contribution in [3.63, 3.8) is 0 Å². The van der Waals surface area contributed by atoms with Crippen molar-refractivity contribution in [1.82, 2.24) is 5.32 Å². The lowest BCUT2D eigenvalue weighted by Gasteiger charge is -2.23. The standard InChI is InChI=1S/C50H35N3O/c1-4-31-19-25-38-39-26-24-36(30-43(39)50(2,3)42(38)29-31)45-37(27-28-41-40-17-11-12-18-44(40)54-46(41)45)32-20-22-35(23-21-32)49-52-47(33-13-7-5-8-14-33)51-48(53-49)34-15-9-6-10-16-34/h1,5-30,47H,2-3H3,(H,51,52,53). The van der Waals surface area contributed by atoms with Gasteiger partial charge >= 0.3 is 0 Å². The first kappa shape index (κ1) is 31.7. The zero-order valence-corrected chi connectivity index (χ0v) is 30.0. The number of hydrogen-bond donors (Lipinski definition) is 1. The highest BCUT2D eigenvalue weighted by atomic mass is 16.3. The molecule has 0 saturated heterocycles. The van der Waals surface area contributed by atoms with E-state index in [2.05, 4.69) is 128 Å². The van der Waals surface area contributed by atoms with Crippen LogP contribution >= 0.6 is 0 Å². The summed E-state index contributed by atoms with van der Waals surface area (Å²) in [4.78, 5) is 10.1. The summed E-state index contributed by atoms with van der Waals surface area (Å²) in [5.41, 5.74) is 14.9. The van der Waals surface area contributed by atoms with Gasteiger partial charge in [-0.2, -0.15) is 0 Å². The number of amidine groups is 2. The highest BCUT2D eigenvalue weighted by molar-refractivity contribution is 6.14. The fraction of sp³-hybridized carbons (Fsp3) is 0.0800. The van der Waals surface area contributed by atoms with Crippen LogP contribution < -0.4 is 5.32 Å². The molecule has 0 fully saturated rings. The predicted octanol–water partition coefficient (Wildman–Crippen LogP) is 11.7. The molecule has 1 aromatic heterocycles. The van der Waals surface area contributed by atoms with Crippen LogP contribution in [-0.2, 0) is 5.41 Å². The van der Waals surface area contributed by atoms with Crippen molar-refractivity contribution in [1.29, 1.82) is 0 Å². The Hall–Kier alpha value is -6.96. The average molecular weight is 694 g/mol. The number of hydrogen-bond acceptors (Lipinski definition) is 4. The molecular weight excluding hydrogens is 659 g/mol. The van der Waals surface area contributed by atoms with Crippen molar-refractivity contribution in [2.75, 3.05) is 0 Å². The minimum absolute atomic E-state index is 0.219. The van der Waals surface area contributed by atoms with Crippen molar-refractivity contribution in [3.05, 3.63) is 191 Å². The van der Waals surface area contributed by atoms with Gasteiger partial charge in [-0.15, -0.1) is 6.42 Å². The third kappa shape index (κ3) is 5.09. The van der Waals surface area contributed by atoms with Gasteiger partial charge in [-0.1, -0.05) is 147 Å². The van der Waals surface area contributed by atoms with Crippen LogP contribution in [0.25, 0.3) is 55.3 Å². The highest BCUT2D eigenvalue weighted by Gasteiger charge is 2.36. The smallest absolute Gasteiger partial charge is 0.159 e. The van der Waals surface area contributed by atoms with Gasteiger partial charge in [-0.05, 0) is 74.8 Å². The average Bonchev–Trinajstić information content (AvgIpc) is 3.72. The number of fused-ring (bicyclic) bond motifs is 6. The molecule has 0 saturated carbocycles. The normalized spacial score (nSPS) is 15.5. The molecule has 1 unspecified atom stereocenters. The van der Waals surface area contributed by atoms with Crippen molar-refractivity contribution >= 4 is 33.6 Å². The van der Waals surface area contributed by atoms with E-state index in [0.717, 1.165) is 72.3 Å². The topological polar surface area (TPSA) is 49.9 Å². The lowest BCUT2D eigenvalue weighted by molar-refractivity contribution is 0.660. The molecule has 1 N–H and O–H groups in total. The fourth-order valence-corrected chi connectivity index (χ4v) is 8.22. The summed E-state index contributed by atoms with van der Waals surface area (Å²) in [5.74, 6) is 4.32. The van der Waals surface area contributed by atoms with Crippen LogP contribution in [0.1, 0.15) is 53.4 Å². The molecule has 2 heterocycles. The van der Waals surface area contributed by atoms with Crippen molar-refractivity contribution in [2.24, 2.45) is 9.98 Å². The Labute approximate surface area is 314 Å². The number of terminal acetylenes is 1. The molecule has 1 atom stereocenters. The van der Waals surface area contributed by atoms with E-state index in [0.29, 0.717) is 5.84 Å². The van der Waals surface area contributed by atoms with E-state index in [-0.39, 0.29) is 11.6 Å². The summed E-state index contributed by atoms with van der Waals surface area (Å²) >= 11 is 0. The van der Waals surface area contributed by atoms with Crippen LogP contribution in [0.2, 0.25) is 0 Å². The Morgan fingerprint density at radius 3 is 2.04 bits per heavy atom. The quantitative estimate of drug-likeness (QED) is 0.182. The van der Waals surface area contributed by atoms with E-state index in [4.69, 9.17) is 20.8 Å². The maximum atomic E-state index is 6.72. The molecule has 0 spiro atoms. The molecule has 54 heavy (non-hydrogen) atoms. The number of rotatable bonds is 5. The second kappa shape index (κ2) is 12.3.